The number of benzene rings is 1. The molecule has 1 unspecified atom stereocenters. The summed E-state index contributed by atoms with van der Waals surface area (Å²) < 4.78 is 5.55. The van der Waals surface area contributed by atoms with E-state index in [1.54, 1.807) is 0 Å². The largest absolute Gasteiger partial charge is 0.379 e. The zero-order valence-electron chi connectivity index (χ0n) is 12.7. The molecule has 0 bridgehead atoms. The van der Waals surface area contributed by atoms with E-state index in [1.165, 1.54) is 16.7 Å². The molecular weight excluding hydrogens is 234 g/mol. The molecule has 2 heteroatoms. The van der Waals surface area contributed by atoms with E-state index in [-0.39, 0.29) is 5.41 Å². The SMILES string of the molecule is Cc1ccc(C(C)C)cc1C1(CC(C)CN)COC1. The van der Waals surface area contributed by atoms with Gasteiger partial charge in [0.25, 0.3) is 0 Å². The average Bonchev–Trinajstić information content (AvgIpc) is 2.34. The Morgan fingerprint density at radius 2 is 1.95 bits per heavy atom. The second-order valence-corrected chi connectivity index (χ2v) is 6.55. The van der Waals surface area contributed by atoms with Crippen molar-refractivity contribution in [3.05, 3.63) is 34.9 Å². The third-order valence-electron chi connectivity index (χ3n) is 4.40. The van der Waals surface area contributed by atoms with Crippen LogP contribution < -0.4 is 5.73 Å². The number of hydrogen-bond donors (Lipinski definition) is 1. The lowest BCUT2D eigenvalue weighted by molar-refractivity contribution is -0.0705. The summed E-state index contributed by atoms with van der Waals surface area (Å²) in [6.45, 7) is 11.4. The van der Waals surface area contributed by atoms with Gasteiger partial charge in [0.2, 0.25) is 0 Å². The standard InChI is InChI=1S/C17H27NO/c1-12(2)15-6-5-14(4)16(7-15)17(10-19-11-17)8-13(3)9-18/h5-7,12-13H,8-11,18H2,1-4H3. The molecule has 1 heterocycles. The van der Waals surface area contributed by atoms with E-state index in [4.69, 9.17) is 10.5 Å². The van der Waals surface area contributed by atoms with E-state index in [0.29, 0.717) is 11.8 Å². The van der Waals surface area contributed by atoms with E-state index in [2.05, 4.69) is 45.9 Å². The molecule has 106 valence electrons. The van der Waals surface area contributed by atoms with E-state index in [9.17, 15) is 0 Å². The van der Waals surface area contributed by atoms with Crippen molar-refractivity contribution in [3.63, 3.8) is 0 Å². The van der Waals surface area contributed by atoms with Gasteiger partial charge < -0.3 is 10.5 Å². The Morgan fingerprint density at radius 3 is 2.42 bits per heavy atom. The summed E-state index contributed by atoms with van der Waals surface area (Å²) in [5, 5.41) is 0. The molecule has 1 atom stereocenters. The molecule has 2 nitrogen and oxygen atoms in total. The first kappa shape index (κ1) is 14.5. The molecule has 1 aliphatic heterocycles. The minimum Gasteiger partial charge on any atom is -0.379 e. The highest BCUT2D eigenvalue weighted by atomic mass is 16.5. The van der Waals surface area contributed by atoms with E-state index in [1.807, 2.05) is 0 Å². The van der Waals surface area contributed by atoms with Gasteiger partial charge in [0, 0.05) is 5.41 Å². The minimum atomic E-state index is 0.202. The van der Waals surface area contributed by atoms with Crippen molar-refractivity contribution in [1.82, 2.24) is 0 Å². The maximum absolute atomic E-state index is 5.81. The fourth-order valence-electron chi connectivity index (χ4n) is 3.05. The van der Waals surface area contributed by atoms with Gasteiger partial charge in [-0.05, 0) is 48.4 Å². The second-order valence-electron chi connectivity index (χ2n) is 6.55. The van der Waals surface area contributed by atoms with Gasteiger partial charge in [-0.15, -0.1) is 0 Å². The average molecular weight is 261 g/mol. The predicted octanol–water partition coefficient (Wildman–Crippen LogP) is 3.37. The smallest absolute Gasteiger partial charge is 0.0585 e. The molecule has 1 aliphatic rings. The summed E-state index contributed by atoms with van der Waals surface area (Å²) in [5.74, 6) is 1.12. The molecule has 1 aromatic rings. The van der Waals surface area contributed by atoms with Crippen molar-refractivity contribution in [2.24, 2.45) is 11.7 Å². The number of rotatable bonds is 5. The summed E-state index contributed by atoms with van der Waals surface area (Å²) in [6, 6.07) is 6.91. The van der Waals surface area contributed by atoms with Gasteiger partial charge in [-0.2, -0.15) is 0 Å². The number of ether oxygens (including phenoxy) is 1. The van der Waals surface area contributed by atoms with Crippen molar-refractivity contribution in [1.29, 1.82) is 0 Å². The van der Waals surface area contributed by atoms with Gasteiger partial charge in [0.1, 0.15) is 0 Å². The van der Waals surface area contributed by atoms with Crippen LogP contribution in [0.4, 0.5) is 0 Å². The first-order valence-electron chi connectivity index (χ1n) is 7.37. The summed E-state index contributed by atoms with van der Waals surface area (Å²) in [7, 11) is 0. The number of aryl methyl sites for hydroxylation is 1. The van der Waals surface area contributed by atoms with Crippen LogP contribution in [0.2, 0.25) is 0 Å². The maximum atomic E-state index is 5.81. The molecule has 0 radical (unpaired) electrons. The van der Waals surface area contributed by atoms with Crippen molar-refractivity contribution in [3.8, 4) is 0 Å². The third kappa shape index (κ3) is 2.85. The van der Waals surface area contributed by atoms with Crippen LogP contribution in [0, 0.1) is 12.8 Å². The summed E-state index contributed by atoms with van der Waals surface area (Å²) in [4.78, 5) is 0. The lowest BCUT2D eigenvalue weighted by Gasteiger charge is -2.44. The normalized spacial score (nSPS) is 19.3. The Morgan fingerprint density at radius 1 is 1.26 bits per heavy atom. The minimum absolute atomic E-state index is 0.202. The Bertz CT molecular complexity index is 435. The molecular formula is C17H27NO. The molecule has 2 N–H and O–H groups in total. The molecule has 19 heavy (non-hydrogen) atoms. The lowest BCUT2D eigenvalue weighted by atomic mass is 9.70. The van der Waals surface area contributed by atoms with Crippen LogP contribution >= 0.6 is 0 Å². The quantitative estimate of drug-likeness (QED) is 0.882. The van der Waals surface area contributed by atoms with Crippen molar-refractivity contribution < 1.29 is 4.74 Å². The van der Waals surface area contributed by atoms with E-state index < -0.39 is 0 Å². The molecule has 0 saturated carbocycles. The molecule has 0 amide bonds. The van der Waals surface area contributed by atoms with Crippen LogP contribution in [0.5, 0.6) is 0 Å². The Kier molecular flexibility index (Phi) is 4.32. The Labute approximate surface area is 117 Å². The van der Waals surface area contributed by atoms with Crippen LogP contribution in [0.3, 0.4) is 0 Å². The molecule has 0 aliphatic carbocycles. The predicted molar refractivity (Wildman–Crippen MR) is 80.6 cm³/mol. The number of nitrogens with two attached hydrogens (primary N) is 1. The van der Waals surface area contributed by atoms with Gasteiger partial charge in [-0.25, -0.2) is 0 Å². The van der Waals surface area contributed by atoms with E-state index >= 15 is 0 Å². The maximum Gasteiger partial charge on any atom is 0.0585 e. The molecule has 0 aromatic heterocycles. The van der Waals surface area contributed by atoms with Crippen LogP contribution in [0.1, 0.15) is 49.8 Å². The molecule has 0 spiro atoms. The summed E-state index contributed by atoms with van der Waals surface area (Å²) in [6.07, 6.45) is 1.13. The summed E-state index contributed by atoms with van der Waals surface area (Å²) >= 11 is 0. The van der Waals surface area contributed by atoms with Gasteiger partial charge in [0.05, 0.1) is 13.2 Å². The first-order valence-corrected chi connectivity index (χ1v) is 7.37. The van der Waals surface area contributed by atoms with Crippen LogP contribution in [-0.2, 0) is 10.2 Å². The van der Waals surface area contributed by atoms with Crippen molar-refractivity contribution >= 4 is 0 Å². The van der Waals surface area contributed by atoms with Crippen LogP contribution in [0.25, 0.3) is 0 Å². The zero-order chi connectivity index (χ0) is 14.0. The van der Waals surface area contributed by atoms with Crippen LogP contribution in [-0.4, -0.2) is 19.8 Å². The van der Waals surface area contributed by atoms with E-state index in [0.717, 1.165) is 26.2 Å². The van der Waals surface area contributed by atoms with Crippen molar-refractivity contribution in [2.75, 3.05) is 19.8 Å². The lowest BCUT2D eigenvalue weighted by Crippen LogP contribution is -2.49. The monoisotopic (exact) mass is 261 g/mol. The fraction of sp³-hybridized carbons (Fsp3) is 0.647. The van der Waals surface area contributed by atoms with Gasteiger partial charge in [-0.3, -0.25) is 0 Å². The highest BCUT2D eigenvalue weighted by Gasteiger charge is 2.42. The number of hydrogen-bond acceptors (Lipinski definition) is 2. The fourth-order valence-corrected chi connectivity index (χ4v) is 3.05. The highest BCUT2D eigenvalue weighted by molar-refractivity contribution is 5.39. The molecule has 1 saturated heterocycles. The zero-order valence-corrected chi connectivity index (χ0v) is 12.7. The highest BCUT2D eigenvalue weighted by Crippen LogP contribution is 2.40. The molecule has 2 rings (SSSR count). The van der Waals surface area contributed by atoms with Gasteiger partial charge in [0.15, 0.2) is 0 Å². The van der Waals surface area contributed by atoms with Gasteiger partial charge >= 0.3 is 0 Å². The third-order valence-corrected chi connectivity index (χ3v) is 4.40. The first-order chi connectivity index (χ1) is 8.98. The topological polar surface area (TPSA) is 35.2 Å². The Hall–Kier alpha value is -0.860. The molecule has 1 aromatic carbocycles. The second kappa shape index (κ2) is 5.64. The van der Waals surface area contributed by atoms with Gasteiger partial charge in [-0.1, -0.05) is 39.0 Å². The van der Waals surface area contributed by atoms with Crippen LogP contribution in [0.15, 0.2) is 18.2 Å². The summed E-state index contributed by atoms with van der Waals surface area (Å²) in [5.41, 5.74) is 10.3. The Balaban J connectivity index is 2.34. The molecule has 1 fully saturated rings. The van der Waals surface area contributed by atoms with Crippen molar-refractivity contribution in [2.45, 2.75) is 45.4 Å².